The molecule has 1 aromatic rings. The van der Waals surface area contributed by atoms with E-state index in [9.17, 15) is 13.6 Å². The summed E-state index contributed by atoms with van der Waals surface area (Å²) >= 11 is 5.56. The van der Waals surface area contributed by atoms with Crippen LogP contribution in [-0.4, -0.2) is 17.6 Å². The molecule has 1 heterocycles. The molecule has 94 valence electrons. The van der Waals surface area contributed by atoms with Crippen LogP contribution in [0.15, 0.2) is 6.20 Å². The standard InChI is InChI=1S/C10H11ClF2N2O2/c1-2-17-10(16)8-5(3-11)7(9(12)13)6(14)4-15-8/h4,9H,2-3,14H2,1H3. The number of carbonyl (C=O) groups is 1. The number of nitrogens with two attached hydrogens (primary N) is 1. The van der Waals surface area contributed by atoms with E-state index in [1.54, 1.807) is 6.92 Å². The van der Waals surface area contributed by atoms with Crippen LogP contribution >= 0.6 is 11.6 Å². The van der Waals surface area contributed by atoms with Crippen LogP contribution < -0.4 is 5.73 Å². The van der Waals surface area contributed by atoms with Crippen LogP contribution in [0.2, 0.25) is 0 Å². The molecule has 1 aromatic heterocycles. The Balaban J connectivity index is 3.32. The lowest BCUT2D eigenvalue weighted by Gasteiger charge is -2.12. The summed E-state index contributed by atoms with van der Waals surface area (Å²) in [6, 6.07) is 0. The van der Waals surface area contributed by atoms with Gasteiger partial charge in [0.25, 0.3) is 6.43 Å². The second kappa shape index (κ2) is 5.77. The van der Waals surface area contributed by atoms with Crippen LogP contribution in [0, 0.1) is 0 Å². The molecule has 0 aliphatic carbocycles. The highest BCUT2D eigenvalue weighted by molar-refractivity contribution is 6.17. The normalized spacial score (nSPS) is 10.6. The largest absolute Gasteiger partial charge is 0.461 e. The number of hydrogen-bond acceptors (Lipinski definition) is 4. The van der Waals surface area contributed by atoms with Gasteiger partial charge < -0.3 is 10.5 Å². The highest BCUT2D eigenvalue weighted by Gasteiger charge is 2.24. The van der Waals surface area contributed by atoms with E-state index in [1.165, 1.54) is 0 Å². The van der Waals surface area contributed by atoms with Gasteiger partial charge in [0.1, 0.15) is 0 Å². The van der Waals surface area contributed by atoms with E-state index in [4.69, 9.17) is 22.1 Å². The molecule has 0 amide bonds. The Morgan fingerprint density at radius 2 is 2.29 bits per heavy atom. The molecule has 0 spiro atoms. The fourth-order valence-corrected chi connectivity index (χ4v) is 1.62. The topological polar surface area (TPSA) is 65.2 Å². The van der Waals surface area contributed by atoms with Crippen molar-refractivity contribution >= 4 is 23.3 Å². The molecule has 7 heteroatoms. The molecule has 0 fully saturated rings. The molecular formula is C10H11ClF2N2O2. The number of pyridine rings is 1. The average Bonchev–Trinajstić information content (AvgIpc) is 2.27. The first-order valence-electron chi connectivity index (χ1n) is 4.81. The molecule has 0 saturated carbocycles. The summed E-state index contributed by atoms with van der Waals surface area (Å²) in [5.41, 5.74) is 4.44. The van der Waals surface area contributed by atoms with E-state index in [2.05, 4.69) is 4.98 Å². The summed E-state index contributed by atoms with van der Waals surface area (Å²) in [4.78, 5) is 15.2. The number of nitrogen functional groups attached to an aromatic ring is 1. The summed E-state index contributed by atoms with van der Waals surface area (Å²) in [5.74, 6) is -1.07. The lowest BCUT2D eigenvalue weighted by atomic mass is 10.1. The Morgan fingerprint density at radius 3 is 2.76 bits per heavy atom. The molecule has 1 rings (SSSR count). The lowest BCUT2D eigenvalue weighted by Crippen LogP contribution is -2.13. The zero-order valence-electron chi connectivity index (χ0n) is 9.04. The van der Waals surface area contributed by atoms with Gasteiger partial charge in [-0.05, 0) is 6.92 Å². The second-order valence-electron chi connectivity index (χ2n) is 3.11. The van der Waals surface area contributed by atoms with E-state index in [0.29, 0.717) is 0 Å². The minimum absolute atomic E-state index is 0.0832. The molecule has 17 heavy (non-hydrogen) atoms. The van der Waals surface area contributed by atoms with Crippen molar-refractivity contribution in [1.29, 1.82) is 0 Å². The fourth-order valence-electron chi connectivity index (χ4n) is 1.35. The van der Waals surface area contributed by atoms with Gasteiger partial charge >= 0.3 is 5.97 Å². The maximum atomic E-state index is 12.8. The number of hydrogen-bond donors (Lipinski definition) is 1. The van der Waals surface area contributed by atoms with Gasteiger partial charge in [-0.1, -0.05) is 0 Å². The van der Waals surface area contributed by atoms with Crippen molar-refractivity contribution in [3.05, 3.63) is 23.0 Å². The average molecular weight is 265 g/mol. The number of halogens is 3. The molecule has 0 bridgehead atoms. The first-order chi connectivity index (χ1) is 8.02. The molecule has 4 nitrogen and oxygen atoms in total. The summed E-state index contributed by atoms with van der Waals surface area (Å²) < 4.78 is 30.3. The Kier molecular flexibility index (Phi) is 4.62. The third-order valence-corrected chi connectivity index (χ3v) is 2.34. The van der Waals surface area contributed by atoms with Gasteiger partial charge in [0.2, 0.25) is 0 Å². The number of ether oxygens (including phenoxy) is 1. The lowest BCUT2D eigenvalue weighted by molar-refractivity contribution is 0.0518. The van der Waals surface area contributed by atoms with Crippen molar-refractivity contribution in [2.75, 3.05) is 12.3 Å². The summed E-state index contributed by atoms with van der Waals surface area (Å²) in [5, 5.41) is 0. The number of rotatable bonds is 4. The number of carbonyl (C=O) groups excluding carboxylic acids is 1. The van der Waals surface area contributed by atoms with E-state index >= 15 is 0 Å². The van der Waals surface area contributed by atoms with E-state index < -0.39 is 18.0 Å². The Bertz CT molecular complexity index is 427. The Hall–Kier alpha value is -1.43. The third-order valence-electron chi connectivity index (χ3n) is 2.08. The molecule has 0 radical (unpaired) electrons. The maximum absolute atomic E-state index is 12.8. The number of nitrogens with zero attached hydrogens (tertiary/aromatic N) is 1. The predicted molar refractivity (Wildman–Crippen MR) is 59.1 cm³/mol. The van der Waals surface area contributed by atoms with Gasteiger partial charge in [-0.2, -0.15) is 0 Å². The van der Waals surface area contributed by atoms with Gasteiger partial charge in [-0.3, -0.25) is 0 Å². The molecular weight excluding hydrogens is 254 g/mol. The number of aromatic nitrogens is 1. The zero-order valence-corrected chi connectivity index (χ0v) is 9.80. The molecule has 0 aliphatic heterocycles. The molecule has 0 atom stereocenters. The van der Waals surface area contributed by atoms with E-state index in [0.717, 1.165) is 6.20 Å². The van der Waals surface area contributed by atoms with Crippen LogP contribution in [0.3, 0.4) is 0 Å². The number of alkyl halides is 3. The van der Waals surface area contributed by atoms with Gasteiger partial charge in [-0.15, -0.1) is 11.6 Å². The fraction of sp³-hybridized carbons (Fsp3) is 0.400. The quantitative estimate of drug-likeness (QED) is 0.670. The molecule has 0 unspecified atom stereocenters. The van der Waals surface area contributed by atoms with Gasteiger partial charge in [-0.25, -0.2) is 18.6 Å². The second-order valence-corrected chi connectivity index (χ2v) is 3.38. The van der Waals surface area contributed by atoms with Gasteiger partial charge in [0.05, 0.1) is 24.4 Å². The number of anilines is 1. The molecule has 0 saturated heterocycles. The number of esters is 1. The SMILES string of the molecule is CCOC(=O)c1ncc(N)c(C(F)F)c1CCl. The molecule has 0 aliphatic rings. The van der Waals surface area contributed by atoms with Crippen molar-refractivity contribution in [3.8, 4) is 0 Å². The Morgan fingerprint density at radius 1 is 1.65 bits per heavy atom. The van der Waals surface area contributed by atoms with E-state index in [-0.39, 0.29) is 29.4 Å². The maximum Gasteiger partial charge on any atom is 0.357 e. The van der Waals surface area contributed by atoms with Crippen LogP contribution in [0.5, 0.6) is 0 Å². The predicted octanol–water partition coefficient (Wildman–Crippen LogP) is 2.52. The van der Waals surface area contributed by atoms with Crippen molar-refractivity contribution < 1.29 is 18.3 Å². The third kappa shape index (κ3) is 2.82. The highest BCUT2D eigenvalue weighted by Crippen LogP contribution is 2.31. The minimum atomic E-state index is -2.82. The zero-order chi connectivity index (χ0) is 13.0. The van der Waals surface area contributed by atoms with E-state index in [1.807, 2.05) is 0 Å². The molecule has 2 N–H and O–H groups in total. The van der Waals surface area contributed by atoms with Crippen molar-refractivity contribution in [2.45, 2.75) is 19.2 Å². The Labute approximate surface area is 102 Å². The van der Waals surface area contributed by atoms with Crippen molar-refractivity contribution in [3.63, 3.8) is 0 Å². The summed E-state index contributed by atoms with van der Waals surface area (Å²) in [6.07, 6.45) is -1.82. The van der Waals surface area contributed by atoms with Gasteiger partial charge in [0.15, 0.2) is 5.69 Å². The smallest absolute Gasteiger partial charge is 0.357 e. The minimum Gasteiger partial charge on any atom is -0.461 e. The van der Waals surface area contributed by atoms with Crippen LogP contribution in [0.1, 0.15) is 35.0 Å². The van der Waals surface area contributed by atoms with Crippen LogP contribution in [-0.2, 0) is 10.6 Å². The first kappa shape index (κ1) is 13.6. The highest BCUT2D eigenvalue weighted by atomic mass is 35.5. The monoisotopic (exact) mass is 264 g/mol. The summed E-state index contributed by atoms with van der Waals surface area (Å²) in [7, 11) is 0. The van der Waals surface area contributed by atoms with Crippen molar-refractivity contribution in [1.82, 2.24) is 4.98 Å². The molecule has 0 aromatic carbocycles. The first-order valence-corrected chi connectivity index (χ1v) is 5.34. The van der Waals surface area contributed by atoms with Crippen molar-refractivity contribution in [2.24, 2.45) is 0 Å². The van der Waals surface area contributed by atoms with Gasteiger partial charge in [0, 0.05) is 11.1 Å². The van der Waals surface area contributed by atoms with Crippen LogP contribution in [0.4, 0.5) is 14.5 Å². The van der Waals surface area contributed by atoms with Crippen LogP contribution in [0.25, 0.3) is 0 Å². The summed E-state index contributed by atoms with van der Waals surface area (Å²) in [6.45, 7) is 1.72.